The minimum atomic E-state index is -1.06. The van der Waals surface area contributed by atoms with Gasteiger partial charge in [-0.25, -0.2) is 9.97 Å². The van der Waals surface area contributed by atoms with E-state index in [2.05, 4.69) is 20.3 Å². The van der Waals surface area contributed by atoms with Crippen molar-refractivity contribution in [3.05, 3.63) is 89.5 Å². The molecule has 3 heterocycles. The number of methoxy groups -OCH3 is 2. The summed E-state index contributed by atoms with van der Waals surface area (Å²) < 4.78 is 21.9. The van der Waals surface area contributed by atoms with E-state index in [4.69, 9.17) is 18.9 Å². The molecule has 4 aromatic rings. The van der Waals surface area contributed by atoms with E-state index in [1.54, 1.807) is 62.0 Å². The molecule has 0 bridgehead atoms. The maximum Gasteiger partial charge on any atom is 0.251 e. The van der Waals surface area contributed by atoms with Crippen LogP contribution in [-0.4, -0.2) is 58.4 Å². The van der Waals surface area contributed by atoms with Crippen LogP contribution in [0.2, 0.25) is 0 Å². The molecule has 43 heavy (non-hydrogen) atoms. The number of aromatic nitrogens is 3. The third kappa shape index (κ3) is 7.15. The van der Waals surface area contributed by atoms with Crippen LogP contribution < -0.4 is 24.3 Å². The minimum Gasteiger partial charge on any atom is -0.497 e. The number of hydrogen-bond acceptors (Lipinski definition) is 10. The largest absolute Gasteiger partial charge is 0.497 e. The Hall–Kier alpha value is -4.84. The monoisotopic (exact) mass is 601 g/mol. The van der Waals surface area contributed by atoms with Gasteiger partial charge >= 0.3 is 0 Å². The highest BCUT2D eigenvalue weighted by Crippen LogP contribution is 2.37. The van der Waals surface area contributed by atoms with E-state index in [-0.39, 0.29) is 25.0 Å². The molecule has 0 spiro atoms. The summed E-state index contributed by atoms with van der Waals surface area (Å²) >= 11 is 1.21. The van der Waals surface area contributed by atoms with E-state index in [1.807, 2.05) is 26.0 Å². The molecule has 12 heteroatoms. The Balaban J connectivity index is 1.53. The lowest BCUT2D eigenvalue weighted by atomic mass is 10.0. The lowest BCUT2D eigenvalue weighted by Crippen LogP contribution is -2.42. The van der Waals surface area contributed by atoms with E-state index in [9.17, 15) is 9.59 Å². The topological polar surface area (TPSA) is 125 Å². The Morgan fingerprint density at radius 1 is 1.00 bits per heavy atom. The van der Waals surface area contributed by atoms with Crippen molar-refractivity contribution < 1.29 is 28.5 Å². The number of ether oxygens (including phenoxy) is 4. The Morgan fingerprint density at radius 3 is 2.51 bits per heavy atom. The zero-order valence-electron chi connectivity index (χ0n) is 24.2. The molecular weight excluding hydrogens is 570 g/mol. The van der Waals surface area contributed by atoms with Gasteiger partial charge in [-0.3, -0.25) is 14.6 Å². The number of carbonyl (C=O) groups is 2. The predicted octanol–water partition coefficient (Wildman–Crippen LogP) is 4.74. The minimum absolute atomic E-state index is 0.00332. The summed E-state index contributed by atoms with van der Waals surface area (Å²) in [6, 6.07) is 14.7. The average Bonchev–Trinajstić information content (AvgIpc) is 3.48. The van der Waals surface area contributed by atoms with Crippen molar-refractivity contribution in [3.8, 4) is 23.0 Å². The molecule has 1 N–H and O–H groups in total. The zero-order chi connectivity index (χ0) is 30.3. The van der Waals surface area contributed by atoms with Gasteiger partial charge in [0.25, 0.3) is 5.91 Å². The molecule has 2 aromatic carbocycles. The number of rotatable bonds is 11. The van der Waals surface area contributed by atoms with Gasteiger partial charge in [0.15, 0.2) is 16.7 Å². The second kappa shape index (κ2) is 13.4. The number of aryl methyl sites for hydroxylation is 2. The summed E-state index contributed by atoms with van der Waals surface area (Å²) in [6.07, 6.45) is 3.32. The molecule has 1 aliphatic heterocycles. The second-order valence-electron chi connectivity index (χ2n) is 9.68. The lowest BCUT2D eigenvalue weighted by molar-refractivity contribution is -0.137. The van der Waals surface area contributed by atoms with Crippen LogP contribution in [0.4, 0.5) is 5.69 Å². The Morgan fingerprint density at radius 2 is 1.79 bits per heavy atom. The first-order valence-electron chi connectivity index (χ1n) is 13.4. The number of benzene rings is 2. The van der Waals surface area contributed by atoms with Crippen molar-refractivity contribution in [1.82, 2.24) is 19.9 Å². The highest BCUT2D eigenvalue weighted by Gasteiger charge is 2.33. The normalized spacial score (nSPS) is 12.4. The first-order chi connectivity index (χ1) is 20.8. The van der Waals surface area contributed by atoms with Crippen molar-refractivity contribution in [1.29, 1.82) is 0 Å². The fraction of sp³-hybridized carbons (Fsp3) is 0.258. The number of amides is 2. The maximum atomic E-state index is 14.2. The molecule has 0 radical (unpaired) electrons. The van der Waals surface area contributed by atoms with Crippen molar-refractivity contribution in [2.75, 3.05) is 32.1 Å². The quantitative estimate of drug-likeness (QED) is 0.190. The highest BCUT2D eigenvalue weighted by atomic mass is 32.2. The van der Waals surface area contributed by atoms with Gasteiger partial charge in [-0.15, -0.1) is 0 Å². The molecule has 1 unspecified atom stereocenters. The van der Waals surface area contributed by atoms with Crippen LogP contribution in [0.25, 0.3) is 0 Å². The van der Waals surface area contributed by atoms with Crippen LogP contribution in [0.3, 0.4) is 0 Å². The van der Waals surface area contributed by atoms with Crippen LogP contribution in [0.15, 0.2) is 72.1 Å². The van der Waals surface area contributed by atoms with Gasteiger partial charge in [-0.05, 0) is 61.4 Å². The van der Waals surface area contributed by atoms with Gasteiger partial charge in [0.2, 0.25) is 12.7 Å². The molecule has 1 atom stereocenters. The standard InChI is InChI=1S/C31H31N5O6S/c1-19-12-20(2)34-31(33-19)43-17-28(37)36(16-21-6-5-11-32-15-21)29(22-7-10-25-27(13-22)42-18-41-25)30(38)35-24-9-8-23(39-3)14-26(24)40-4/h5-15,29H,16-18H2,1-4H3,(H,35,38). The Bertz CT molecular complexity index is 1600. The van der Waals surface area contributed by atoms with E-state index < -0.39 is 11.9 Å². The summed E-state index contributed by atoms with van der Waals surface area (Å²) in [5.74, 6) is 1.29. The number of hydrogen-bond donors (Lipinski definition) is 1. The molecule has 11 nitrogen and oxygen atoms in total. The summed E-state index contributed by atoms with van der Waals surface area (Å²) in [6.45, 7) is 3.95. The molecule has 2 amide bonds. The first-order valence-corrected chi connectivity index (χ1v) is 14.4. The van der Waals surface area contributed by atoms with Gasteiger partial charge in [0.05, 0.1) is 25.7 Å². The predicted molar refractivity (Wildman–Crippen MR) is 160 cm³/mol. The number of anilines is 1. The number of nitrogens with zero attached hydrogens (tertiary/aromatic N) is 4. The fourth-order valence-corrected chi connectivity index (χ4v) is 5.47. The van der Waals surface area contributed by atoms with Crippen molar-refractivity contribution >= 4 is 29.3 Å². The number of pyridine rings is 1. The van der Waals surface area contributed by atoms with Gasteiger partial charge in [-0.1, -0.05) is 23.9 Å². The van der Waals surface area contributed by atoms with Gasteiger partial charge < -0.3 is 29.2 Å². The zero-order valence-corrected chi connectivity index (χ0v) is 25.0. The summed E-state index contributed by atoms with van der Waals surface area (Å²) in [7, 11) is 3.05. The average molecular weight is 602 g/mol. The van der Waals surface area contributed by atoms with Gasteiger partial charge in [-0.2, -0.15) is 0 Å². The maximum absolute atomic E-state index is 14.2. The number of nitrogens with one attached hydrogen (secondary N) is 1. The van der Waals surface area contributed by atoms with E-state index in [1.165, 1.54) is 23.8 Å². The number of fused-ring (bicyclic) bond motifs is 1. The van der Waals surface area contributed by atoms with Crippen molar-refractivity contribution in [2.24, 2.45) is 0 Å². The van der Waals surface area contributed by atoms with Gasteiger partial charge in [0, 0.05) is 36.4 Å². The molecule has 2 aromatic heterocycles. The first kappa shape index (κ1) is 29.6. The van der Waals surface area contributed by atoms with Crippen LogP contribution in [0, 0.1) is 13.8 Å². The second-order valence-corrected chi connectivity index (χ2v) is 10.6. The van der Waals surface area contributed by atoms with Crippen molar-refractivity contribution in [2.45, 2.75) is 31.6 Å². The highest BCUT2D eigenvalue weighted by molar-refractivity contribution is 7.99. The van der Waals surface area contributed by atoms with E-state index >= 15 is 0 Å². The lowest BCUT2D eigenvalue weighted by Gasteiger charge is -2.31. The SMILES string of the molecule is COc1ccc(NC(=O)C(c2ccc3c(c2)OCO3)N(Cc2cccnc2)C(=O)CSc2nc(C)cc(C)n2)c(OC)c1. The molecule has 222 valence electrons. The Kier molecular flexibility index (Phi) is 9.26. The third-order valence-electron chi connectivity index (χ3n) is 6.62. The van der Waals surface area contributed by atoms with Crippen LogP contribution >= 0.6 is 11.8 Å². The number of thioether (sulfide) groups is 1. The molecule has 0 aliphatic carbocycles. The molecule has 0 fully saturated rings. The van der Waals surface area contributed by atoms with Crippen LogP contribution in [0.1, 0.15) is 28.6 Å². The molecule has 5 rings (SSSR count). The fourth-order valence-electron chi connectivity index (χ4n) is 4.64. The summed E-state index contributed by atoms with van der Waals surface area (Å²) in [5, 5.41) is 3.44. The molecule has 1 aliphatic rings. The smallest absolute Gasteiger partial charge is 0.251 e. The third-order valence-corrected chi connectivity index (χ3v) is 7.45. The molecular formula is C31H31N5O6S. The van der Waals surface area contributed by atoms with Gasteiger partial charge in [0.1, 0.15) is 17.5 Å². The molecule has 0 saturated carbocycles. The van der Waals surface area contributed by atoms with E-state index in [0.29, 0.717) is 39.4 Å². The van der Waals surface area contributed by atoms with E-state index in [0.717, 1.165) is 17.0 Å². The summed E-state index contributed by atoms with van der Waals surface area (Å²) in [4.78, 5) is 42.9. The van der Waals surface area contributed by atoms with Crippen molar-refractivity contribution in [3.63, 3.8) is 0 Å². The summed E-state index contributed by atoms with van der Waals surface area (Å²) in [5.41, 5.74) is 3.33. The van der Waals surface area contributed by atoms with Crippen LogP contribution in [0.5, 0.6) is 23.0 Å². The number of carbonyl (C=O) groups excluding carboxylic acids is 2. The Labute approximate surface area is 253 Å². The van der Waals surface area contributed by atoms with Crippen LogP contribution in [-0.2, 0) is 16.1 Å². The molecule has 0 saturated heterocycles.